The number of aryl methyl sites for hydroxylation is 1. The minimum Gasteiger partial charge on any atom is -0.507 e. The molecule has 5 heteroatoms. The van der Waals surface area contributed by atoms with Gasteiger partial charge in [-0.2, -0.15) is 0 Å². The zero-order valence-corrected chi connectivity index (χ0v) is 14.4. The molecule has 0 saturated carbocycles. The Morgan fingerprint density at radius 2 is 2.08 bits per heavy atom. The maximum absolute atomic E-state index is 12.7. The number of carbonyl (C=O) groups excluding carboxylic acids is 1. The Morgan fingerprint density at radius 3 is 2.79 bits per heavy atom. The number of ether oxygens (including phenoxy) is 1. The molecule has 4 nitrogen and oxygen atoms in total. The van der Waals surface area contributed by atoms with Crippen LogP contribution in [0.2, 0.25) is 0 Å². The van der Waals surface area contributed by atoms with Gasteiger partial charge in [0.15, 0.2) is 11.5 Å². The fraction of sp³-hybridized carbons (Fsp3) is 0.316. The van der Waals surface area contributed by atoms with E-state index >= 15 is 0 Å². The Morgan fingerprint density at radius 1 is 1.29 bits per heavy atom. The molecule has 24 heavy (non-hydrogen) atoms. The zero-order valence-electron chi connectivity index (χ0n) is 13.6. The van der Waals surface area contributed by atoms with Crippen LogP contribution in [0.25, 0.3) is 6.08 Å². The van der Waals surface area contributed by atoms with E-state index in [9.17, 15) is 9.90 Å². The van der Waals surface area contributed by atoms with E-state index in [1.807, 2.05) is 24.4 Å². The number of allylic oxidation sites excluding steroid dienone is 1. The first-order chi connectivity index (χ1) is 11.6. The van der Waals surface area contributed by atoms with Crippen molar-refractivity contribution in [2.24, 2.45) is 0 Å². The first-order valence-electron chi connectivity index (χ1n) is 8.30. The number of benzene rings is 1. The molecule has 1 aromatic heterocycles. The molecule has 1 aromatic carbocycles. The number of likely N-dealkylation sites (tertiary alicyclic amines) is 1. The molecular formula is C19H20NO3S+. The monoisotopic (exact) mass is 342 g/mol. The average Bonchev–Trinajstić information content (AvgIpc) is 3.27. The van der Waals surface area contributed by atoms with Crippen LogP contribution in [0, 0.1) is 6.92 Å². The Balaban J connectivity index is 1.70. The summed E-state index contributed by atoms with van der Waals surface area (Å²) in [5.41, 5.74) is 2.44. The van der Waals surface area contributed by atoms with E-state index in [2.05, 4.69) is 0 Å². The molecule has 4 rings (SSSR count). The topological polar surface area (TPSA) is 51.0 Å². The minimum atomic E-state index is -0.101. The molecule has 0 radical (unpaired) electrons. The van der Waals surface area contributed by atoms with E-state index < -0.39 is 0 Å². The van der Waals surface area contributed by atoms with Gasteiger partial charge in [0.05, 0.1) is 24.2 Å². The lowest BCUT2D eigenvalue weighted by Crippen LogP contribution is -3.08. The largest absolute Gasteiger partial charge is 0.507 e. The first-order valence-corrected chi connectivity index (χ1v) is 9.18. The number of hydrogen-bond acceptors (Lipinski definition) is 4. The van der Waals surface area contributed by atoms with Crippen LogP contribution in [-0.4, -0.2) is 24.0 Å². The number of thiophene rings is 1. The van der Waals surface area contributed by atoms with Crippen molar-refractivity contribution in [1.82, 2.24) is 0 Å². The third-order valence-corrected chi connectivity index (χ3v) is 5.78. The number of carbonyl (C=O) groups is 1. The molecule has 1 fully saturated rings. The third-order valence-electron chi connectivity index (χ3n) is 4.82. The van der Waals surface area contributed by atoms with E-state index in [0.29, 0.717) is 23.6 Å². The first kappa shape index (κ1) is 15.4. The SMILES string of the molecule is Cc1ccsc1/C=C1\Oc2c(ccc(O)c2C[NH+]2CCCC2)C1=O. The predicted octanol–water partition coefficient (Wildman–Crippen LogP) is 2.56. The zero-order chi connectivity index (χ0) is 16.7. The highest BCUT2D eigenvalue weighted by molar-refractivity contribution is 7.11. The lowest BCUT2D eigenvalue weighted by molar-refractivity contribution is -0.901. The van der Waals surface area contributed by atoms with Gasteiger partial charge in [-0.15, -0.1) is 11.3 Å². The molecule has 0 aliphatic carbocycles. The van der Waals surface area contributed by atoms with Crippen LogP contribution < -0.4 is 9.64 Å². The van der Waals surface area contributed by atoms with Gasteiger partial charge < -0.3 is 14.7 Å². The predicted molar refractivity (Wildman–Crippen MR) is 93.7 cm³/mol. The molecule has 1 saturated heterocycles. The van der Waals surface area contributed by atoms with E-state index in [4.69, 9.17) is 4.74 Å². The Kier molecular flexibility index (Phi) is 3.90. The van der Waals surface area contributed by atoms with Crippen LogP contribution in [0.15, 0.2) is 29.3 Å². The van der Waals surface area contributed by atoms with Crippen molar-refractivity contribution in [1.29, 1.82) is 0 Å². The molecule has 2 N–H and O–H groups in total. The van der Waals surface area contributed by atoms with Gasteiger partial charge in [0.1, 0.15) is 12.3 Å². The summed E-state index contributed by atoms with van der Waals surface area (Å²) < 4.78 is 5.91. The maximum Gasteiger partial charge on any atom is 0.232 e. The second-order valence-corrected chi connectivity index (χ2v) is 7.43. The standard InChI is InChI=1S/C19H19NO3S/c1-12-6-9-24-17(12)10-16-18(22)13-4-5-15(21)14(19(13)23-16)11-20-7-2-3-8-20/h4-6,9-10,21H,2-3,7-8,11H2,1H3/p+1/b16-10-. The van der Waals surface area contributed by atoms with Crippen LogP contribution >= 0.6 is 11.3 Å². The van der Waals surface area contributed by atoms with E-state index in [1.165, 1.54) is 17.7 Å². The summed E-state index contributed by atoms with van der Waals surface area (Å²) in [5.74, 6) is 1.00. The van der Waals surface area contributed by atoms with Gasteiger partial charge >= 0.3 is 0 Å². The fourth-order valence-corrected chi connectivity index (χ4v) is 4.27. The number of hydrogen-bond donors (Lipinski definition) is 2. The number of nitrogens with one attached hydrogen (secondary N) is 1. The number of Topliss-reactive ketones (excluding diaryl/α,β-unsaturated/α-hetero) is 1. The van der Waals surface area contributed by atoms with E-state index in [1.54, 1.807) is 23.5 Å². The lowest BCUT2D eigenvalue weighted by atomic mass is 10.0. The lowest BCUT2D eigenvalue weighted by Gasteiger charge is -2.15. The Labute approximate surface area is 145 Å². The highest BCUT2D eigenvalue weighted by Crippen LogP contribution is 2.39. The van der Waals surface area contributed by atoms with Crippen molar-refractivity contribution >= 4 is 23.2 Å². The van der Waals surface area contributed by atoms with Gasteiger partial charge in [0.2, 0.25) is 5.78 Å². The van der Waals surface area contributed by atoms with Crippen LogP contribution in [0.1, 0.15) is 39.2 Å². The fourth-order valence-electron chi connectivity index (χ4n) is 3.42. The van der Waals surface area contributed by atoms with Crippen molar-refractivity contribution in [3.8, 4) is 11.5 Å². The smallest absolute Gasteiger partial charge is 0.232 e. The summed E-state index contributed by atoms with van der Waals surface area (Å²) in [5, 5.41) is 12.3. The van der Waals surface area contributed by atoms with Gasteiger partial charge in [0.25, 0.3) is 0 Å². The normalized spacial score (nSPS) is 19.0. The number of phenols is 1. The van der Waals surface area contributed by atoms with Crippen molar-refractivity contribution in [2.75, 3.05) is 13.1 Å². The molecule has 2 aliphatic heterocycles. The molecular weight excluding hydrogens is 322 g/mol. The molecule has 0 spiro atoms. The molecule has 0 bridgehead atoms. The van der Waals surface area contributed by atoms with E-state index in [0.717, 1.165) is 29.1 Å². The molecule has 2 aliphatic rings. The van der Waals surface area contributed by atoms with Gasteiger partial charge in [0, 0.05) is 23.8 Å². The highest BCUT2D eigenvalue weighted by Gasteiger charge is 2.33. The molecule has 124 valence electrons. The van der Waals surface area contributed by atoms with Crippen LogP contribution in [0.3, 0.4) is 0 Å². The van der Waals surface area contributed by atoms with Crippen molar-refractivity contribution in [3.05, 3.63) is 50.9 Å². The molecule has 0 atom stereocenters. The summed E-state index contributed by atoms with van der Waals surface area (Å²) >= 11 is 1.59. The summed E-state index contributed by atoms with van der Waals surface area (Å²) in [6, 6.07) is 5.31. The number of fused-ring (bicyclic) bond motifs is 1. The second kappa shape index (κ2) is 6.07. The summed E-state index contributed by atoms with van der Waals surface area (Å²) in [6.07, 6.45) is 4.24. The molecule has 0 unspecified atom stereocenters. The minimum absolute atomic E-state index is 0.101. The summed E-state index contributed by atoms with van der Waals surface area (Å²) in [4.78, 5) is 15.1. The summed E-state index contributed by atoms with van der Waals surface area (Å²) in [6.45, 7) is 4.93. The average molecular weight is 342 g/mol. The number of quaternary nitrogens is 1. The van der Waals surface area contributed by atoms with Gasteiger partial charge in [-0.1, -0.05) is 0 Å². The Hall–Kier alpha value is -2.11. The number of ketones is 1. The molecule has 2 aromatic rings. The molecule has 3 heterocycles. The Bertz CT molecular complexity index is 831. The van der Waals surface area contributed by atoms with Gasteiger partial charge in [-0.25, -0.2) is 0 Å². The van der Waals surface area contributed by atoms with Gasteiger partial charge in [-0.05, 0) is 36.1 Å². The van der Waals surface area contributed by atoms with Crippen molar-refractivity contribution in [2.45, 2.75) is 26.3 Å². The second-order valence-electron chi connectivity index (χ2n) is 6.48. The quantitative estimate of drug-likeness (QED) is 0.843. The van der Waals surface area contributed by atoms with Crippen molar-refractivity contribution in [3.63, 3.8) is 0 Å². The number of phenolic OH excluding ortho intramolecular Hbond substituents is 1. The maximum atomic E-state index is 12.7. The number of rotatable bonds is 3. The van der Waals surface area contributed by atoms with Crippen LogP contribution in [0.4, 0.5) is 0 Å². The van der Waals surface area contributed by atoms with Crippen LogP contribution in [0.5, 0.6) is 11.5 Å². The molecule has 0 amide bonds. The highest BCUT2D eigenvalue weighted by atomic mass is 32.1. The van der Waals surface area contributed by atoms with Gasteiger partial charge in [-0.3, -0.25) is 4.79 Å². The van der Waals surface area contributed by atoms with Crippen LogP contribution in [-0.2, 0) is 6.54 Å². The third kappa shape index (κ3) is 2.64. The van der Waals surface area contributed by atoms with E-state index in [-0.39, 0.29) is 11.5 Å². The number of aromatic hydroxyl groups is 1. The van der Waals surface area contributed by atoms with Crippen molar-refractivity contribution < 1.29 is 19.5 Å². The summed E-state index contributed by atoms with van der Waals surface area (Å²) in [7, 11) is 0.